The number of hydrogen-bond acceptors (Lipinski definition) is 5. The maximum absolute atomic E-state index is 4.40. The zero-order chi connectivity index (χ0) is 12.4. The number of rotatable bonds is 3. The second-order valence-corrected chi connectivity index (χ2v) is 4.78. The first-order valence-electron chi connectivity index (χ1n) is 5.30. The largest absolute Gasteiger partial charge is 0.373 e. The van der Waals surface area contributed by atoms with Gasteiger partial charge >= 0.3 is 0 Å². The van der Waals surface area contributed by atoms with Gasteiger partial charge in [-0.25, -0.2) is 9.97 Å². The lowest BCUT2D eigenvalue weighted by atomic mass is 10.5. The number of anilines is 1. The number of aryl methyl sites for hydroxylation is 3. The second kappa shape index (κ2) is 4.75. The van der Waals surface area contributed by atoms with Gasteiger partial charge in [0.05, 0.1) is 5.69 Å². The van der Waals surface area contributed by atoms with Crippen molar-refractivity contribution in [2.45, 2.75) is 23.9 Å². The Hall–Kier alpha value is -1.56. The van der Waals surface area contributed by atoms with Crippen LogP contribution in [0.1, 0.15) is 11.5 Å². The molecule has 0 unspecified atom stereocenters. The minimum absolute atomic E-state index is 0.762. The van der Waals surface area contributed by atoms with E-state index in [1.54, 1.807) is 11.8 Å². The zero-order valence-electron chi connectivity index (χ0n) is 10.4. The fourth-order valence-electron chi connectivity index (χ4n) is 1.51. The van der Waals surface area contributed by atoms with E-state index < -0.39 is 0 Å². The van der Waals surface area contributed by atoms with Crippen LogP contribution in [0.25, 0.3) is 0 Å². The van der Waals surface area contributed by atoms with Crippen LogP contribution in [0.3, 0.4) is 0 Å². The Morgan fingerprint density at radius 3 is 2.59 bits per heavy atom. The number of aromatic nitrogens is 4. The molecule has 0 aliphatic carbocycles. The van der Waals surface area contributed by atoms with E-state index in [1.165, 1.54) is 0 Å². The summed E-state index contributed by atoms with van der Waals surface area (Å²) in [5.41, 5.74) is 1.01. The van der Waals surface area contributed by atoms with E-state index in [0.717, 1.165) is 27.4 Å². The van der Waals surface area contributed by atoms with Crippen molar-refractivity contribution in [1.29, 1.82) is 0 Å². The first-order valence-corrected chi connectivity index (χ1v) is 6.12. The molecule has 0 atom stereocenters. The molecule has 6 heteroatoms. The zero-order valence-corrected chi connectivity index (χ0v) is 11.2. The molecule has 0 spiro atoms. The van der Waals surface area contributed by atoms with Crippen molar-refractivity contribution in [3.05, 3.63) is 23.7 Å². The monoisotopic (exact) mass is 249 g/mol. The second-order valence-electron chi connectivity index (χ2n) is 3.74. The Labute approximate surface area is 105 Å². The maximum atomic E-state index is 4.40. The van der Waals surface area contributed by atoms with Gasteiger partial charge in [0.2, 0.25) is 0 Å². The molecule has 0 saturated carbocycles. The Bertz CT molecular complexity index is 535. The van der Waals surface area contributed by atoms with E-state index in [1.807, 2.05) is 44.8 Å². The highest BCUT2D eigenvalue weighted by molar-refractivity contribution is 7.99. The molecule has 2 heterocycles. The topological polar surface area (TPSA) is 55.6 Å². The van der Waals surface area contributed by atoms with Gasteiger partial charge in [-0.15, -0.1) is 0 Å². The predicted octanol–water partition coefficient (Wildman–Crippen LogP) is 2.02. The lowest BCUT2D eigenvalue weighted by molar-refractivity contribution is 0.692. The van der Waals surface area contributed by atoms with Gasteiger partial charge in [0.15, 0.2) is 0 Å². The van der Waals surface area contributed by atoms with Crippen LogP contribution < -0.4 is 5.32 Å². The summed E-state index contributed by atoms with van der Waals surface area (Å²) in [6.07, 6.45) is 0. The highest BCUT2D eigenvalue weighted by atomic mass is 32.2. The van der Waals surface area contributed by atoms with E-state index in [9.17, 15) is 0 Å². The van der Waals surface area contributed by atoms with Crippen LogP contribution in [0.4, 0.5) is 5.82 Å². The SMILES string of the molecule is CNc1cc(Sc2cc(C)nn2C)nc(C)n1. The van der Waals surface area contributed by atoms with Crippen molar-refractivity contribution in [3.63, 3.8) is 0 Å². The minimum atomic E-state index is 0.762. The van der Waals surface area contributed by atoms with E-state index in [0.29, 0.717) is 0 Å². The van der Waals surface area contributed by atoms with E-state index in [4.69, 9.17) is 0 Å². The highest BCUT2D eigenvalue weighted by Crippen LogP contribution is 2.27. The normalized spacial score (nSPS) is 10.6. The number of hydrogen-bond donors (Lipinski definition) is 1. The van der Waals surface area contributed by atoms with Gasteiger partial charge < -0.3 is 5.32 Å². The van der Waals surface area contributed by atoms with Crippen LogP contribution in [0.5, 0.6) is 0 Å². The standard InChI is InChI=1S/C11H15N5S/c1-7-5-11(16(4)15-7)17-10-6-9(12-3)13-8(2)14-10/h5-6H,1-4H3,(H,12,13,14). The molecular weight excluding hydrogens is 234 g/mol. The van der Waals surface area contributed by atoms with Crippen molar-refractivity contribution in [3.8, 4) is 0 Å². The van der Waals surface area contributed by atoms with Crippen LogP contribution in [-0.2, 0) is 7.05 Å². The fraction of sp³-hybridized carbons (Fsp3) is 0.364. The van der Waals surface area contributed by atoms with Gasteiger partial charge in [0.1, 0.15) is 21.7 Å². The van der Waals surface area contributed by atoms with Crippen LogP contribution in [-0.4, -0.2) is 26.8 Å². The lowest BCUT2D eigenvalue weighted by Gasteiger charge is -2.05. The third-order valence-electron chi connectivity index (χ3n) is 2.24. The third kappa shape index (κ3) is 2.76. The molecule has 90 valence electrons. The fourth-order valence-corrected chi connectivity index (χ4v) is 2.48. The Balaban J connectivity index is 2.29. The highest BCUT2D eigenvalue weighted by Gasteiger charge is 2.07. The molecule has 5 nitrogen and oxygen atoms in total. The Morgan fingerprint density at radius 1 is 1.24 bits per heavy atom. The van der Waals surface area contributed by atoms with Crippen molar-refractivity contribution >= 4 is 17.6 Å². The summed E-state index contributed by atoms with van der Waals surface area (Å²) >= 11 is 1.59. The first-order chi connectivity index (χ1) is 8.08. The Morgan fingerprint density at radius 2 is 2.00 bits per heavy atom. The molecule has 0 saturated heterocycles. The molecule has 17 heavy (non-hydrogen) atoms. The summed E-state index contributed by atoms with van der Waals surface area (Å²) in [6.45, 7) is 3.87. The minimum Gasteiger partial charge on any atom is -0.373 e. The van der Waals surface area contributed by atoms with Gasteiger partial charge in [-0.05, 0) is 19.9 Å². The third-order valence-corrected chi connectivity index (χ3v) is 3.25. The summed E-state index contributed by atoms with van der Waals surface area (Å²) in [4.78, 5) is 8.66. The molecule has 0 bridgehead atoms. The Kier molecular flexibility index (Phi) is 3.33. The van der Waals surface area contributed by atoms with Gasteiger partial charge in [-0.3, -0.25) is 4.68 Å². The van der Waals surface area contributed by atoms with Crippen LogP contribution in [0.15, 0.2) is 22.2 Å². The van der Waals surface area contributed by atoms with E-state index >= 15 is 0 Å². The quantitative estimate of drug-likeness (QED) is 0.843. The molecule has 0 fully saturated rings. The average molecular weight is 249 g/mol. The molecule has 2 aromatic rings. The summed E-state index contributed by atoms with van der Waals surface area (Å²) in [5, 5.41) is 9.33. The van der Waals surface area contributed by atoms with Crippen LogP contribution >= 0.6 is 11.8 Å². The molecule has 1 N–H and O–H groups in total. The molecule has 0 aliphatic heterocycles. The molecule has 0 aliphatic rings. The summed E-state index contributed by atoms with van der Waals surface area (Å²) in [7, 11) is 3.78. The smallest absolute Gasteiger partial charge is 0.130 e. The van der Waals surface area contributed by atoms with E-state index in [2.05, 4.69) is 20.4 Å². The molecule has 2 aromatic heterocycles. The predicted molar refractivity (Wildman–Crippen MR) is 68.4 cm³/mol. The molecular formula is C11H15N5S. The summed E-state index contributed by atoms with van der Waals surface area (Å²) in [5.74, 6) is 1.59. The first kappa shape index (κ1) is 11.9. The summed E-state index contributed by atoms with van der Waals surface area (Å²) in [6, 6.07) is 3.97. The number of nitrogens with zero attached hydrogens (tertiary/aromatic N) is 4. The maximum Gasteiger partial charge on any atom is 0.130 e. The molecule has 0 aromatic carbocycles. The van der Waals surface area contributed by atoms with Gasteiger partial charge in [0, 0.05) is 20.2 Å². The molecule has 0 radical (unpaired) electrons. The average Bonchev–Trinajstić information content (AvgIpc) is 2.56. The van der Waals surface area contributed by atoms with Crippen LogP contribution in [0.2, 0.25) is 0 Å². The van der Waals surface area contributed by atoms with Crippen molar-refractivity contribution < 1.29 is 0 Å². The summed E-state index contributed by atoms with van der Waals surface area (Å²) < 4.78 is 1.86. The van der Waals surface area contributed by atoms with Gasteiger partial charge in [-0.1, -0.05) is 11.8 Å². The number of nitrogens with one attached hydrogen (secondary N) is 1. The van der Waals surface area contributed by atoms with Gasteiger partial charge in [0.25, 0.3) is 0 Å². The van der Waals surface area contributed by atoms with Gasteiger partial charge in [-0.2, -0.15) is 5.10 Å². The van der Waals surface area contributed by atoms with Crippen LogP contribution in [0, 0.1) is 13.8 Å². The lowest BCUT2D eigenvalue weighted by Crippen LogP contribution is -1.98. The molecule has 0 amide bonds. The van der Waals surface area contributed by atoms with Crippen molar-refractivity contribution in [2.24, 2.45) is 7.05 Å². The molecule has 2 rings (SSSR count). The van der Waals surface area contributed by atoms with Crippen molar-refractivity contribution in [2.75, 3.05) is 12.4 Å². The van der Waals surface area contributed by atoms with E-state index in [-0.39, 0.29) is 0 Å². The van der Waals surface area contributed by atoms with Crippen molar-refractivity contribution in [1.82, 2.24) is 19.7 Å².